The Bertz CT molecular complexity index is 400. The molecule has 2 fully saturated rings. The summed E-state index contributed by atoms with van der Waals surface area (Å²) in [7, 11) is 0. The van der Waals surface area contributed by atoms with Gasteiger partial charge in [-0.3, -0.25) is 0 Å². The Morgan fingerprint density at radius 1 is 1.21 bits per heavy atom. The summed E-state index contributed by atoms with van der Waals surface area (Å²) < 4.78 is 5.22. The summed E-state index contributed by atoms with van der Waals surface area (Å²) in [6, 6.07) is 0. The molecule has 0 spiro atoms. The van der Waals surface area contributed by atoms with E-state index in [0.717, 1.165) is 29.7 Å². The monoisotopic (exact) mass is 282 g/mol. The molecule has 2 aliphatic rings. The summed E-state index contributed by atoms with van der Waals surface area (Å²) in [4.78, 5) is 4.39. The largest absolute Gasteiger partial charge is 0.392 e. The molecule has 0 aromatic carbocycles. The van der Waals surface area contributed by atoms with Crippen LogP contribution in [0, 0.1) is 5.92 Å². The third kappa shape index (κ3) is 3.96. The molecule has 0 aliphatic heterocycles. The zero-order chi connectivity index (χ0) is 13.1. The number of hydrogen-bond donors (Lipinski definition) is 1. The van der Waals surface area contributed by atoms with Crippen molar-refractivity contribution >= 4 is 11.8 Å². The van der Waals surface area contributed by atoms with Gasteiger partial charge in [0.2, 0.25) is 5.89 Å². The van der Waals surface area contributed by atoms with E-state index in [1.807, 2.05) is 11.8 Å². The van der Waals surface area contributed by atoms with Crippen molar-refractivity contribution in [3.05, 3.63) is 11.7 Å². The standard InChI is InChI=1S/C14H22N2O2S/c17-12(10-6-7-10)8-14-15-13(16-18-14)9-19-11-4-2-1-3-5-11/h10-12,17H,1-9H2. The lowest BCUT2D eigenvalue weighted by atomic mass is 10.0. The lowest BCUT2D eigenvalue weighted by Gasteiger charge is -2.19. The molecule has 1 unspecified atom stereocenters. The van der Waals surface area contributed by atoms with Gasteiger partial charge in [0.1, 0.15) is 0 Å². The van der Waals surface area contributed by atoms with Gasteiger partial charge in [-0.05, 0) is 31.6 Å². The van der Waals surface area contributed by atoms with E-state index in [9.17, 15) is 5.11 Å². The Labute approximate surface area is 118 Å². The number of nitrogens with zero attached hydrogens (tertiary/aromatic N) is 2. The zero-order valence-corrected chi connectivity index (χ0v) is 12.1. The molecule has 2 aliphatic carbocycles. The number of thioether (sulfide) groups is 1. The lowest BCUT2D eigenvalue weighted by molar-refractivity contribution is 0.140. The van der Waals surface area contributed by atoms with E-state index in [1.54, 1.807) is 0 Å². The van der Waals surface area contributed by atoms with Crippen molar-refractivity contribution in [2.45, 2.75) is 68.5 Å². The average molecular weight is 282 g/mol. The molecule has 5 heteroatoms. The molecular formula is C14H22N2O2S. The molecule has 1 aromatic heterocycles. The molecule has 0 saturated heterocycles. The molecule has 0 bridgehead atoms. The molecule has 2 saturated carbocycles. The predicted molar refractivity (Wildman–Crippen MR) is 74.9 cm³/mol. The minimum absolute atomic E-state index is 0.292. The van der Waals surface area contributed by atoms with Crippen molar-refractivity contribution < 1.29 is 9.63 Å². The first-order valence-electron chi connectivity index (χ1n) is 7.42. The highest BCUT2D eigenvalue weighted by Gasteiger charge is 2.31. The summed E-state index contributed by atoms with van der Waals surface area (Å²) in [5, 5.41) is 14.6. The van der Waals surface area contributed by atoms with Crippen LogP contribution in [0.1, 0.15) is 56.7 Å². The van der Waals surface area contributed by atoms with Crippen LogP contribution >= 0.6 is 11.8 Å². The first-order chi connectivity index (χ1) is 9.31. The van der Waals surface area contributed by atoms with Crippen molar-refractivity contribution in [2.24, 2.45) is 5.92 Å². The Morgan fingerprint density at radius 3 is 2.74 bits per heavy atom. The summed E-state index contributed by atoms with van der Waals surface area (Å²) in [5.74, 6) is 2.69. The van der Waals surface area contributed by atoms with Crippen LogP contribution in [0.4, 0.5) is 0 Å². The van der Waals surface area contributed by atoms with E-state index in [1.165, 1.54) is 32.1 Å². The highest BCUT2D eigenvalue weighted by atomic mass is 32.2. The maximum atomic E-state index is 9.85. The Kier molecular flexibility index (Phi) is 4.43. The fourth-order valence-electron chi connectivity index (χ4n) is 2.68. The molecular weight excluding hydrogens is 260 g/mol. The van der Waals surface area contributed by atoms with E-state index in [0.29, 0.717) is 18.2 Å². The van der Waals surface area contributed by atoms with Crippen LogP contribution in [-0.4, -0.2) is 26.6 Å². The fourth-order valence-corrected chi connectivity index (χ4v) is 3.85. The summed E-state index contributed by atoms with van der Waals surface area (Å²) in [6.07, 6.45) is 9.28. The van der Waals surface area contributed by atoms with Crippen LogP contribution in [0.3, 0.4) is 0 Å². The van der Waals surface area contributed by atoms with Gasteiger partial charge in [0.25, 0.3) is 0 Å². The molecule has 0 amide bonds. The second-order valence-electron chi connectivity index (χ2n) is 5.78. The van der Waals surface area contributed by atoms with E-state index >= 15 is 0 Å². The fraction of sp³-hybridized carbons (Fsp3) is 0.857. The molecule has 106 valence electrons. The van der Waals surface area contributed by atoms with Gasteiger partial charge in [0, 0.05) is 5.25 Å². The number of aliphatic hydroxyl groups excluding tert-OH is 1. The molecule has 1 aromatic rings. The summed E-state index contributed by atoms with van der Waals surface area (Å²) in [5.41, 5.74) is 0. The topological polar surface area (TPSA) is 59.2 Å². The van der Waals surface area contributed by atoms with Gasteiger partial charge < -0.3 is 9.63 Å². The number of aliphatic hydroxyl groups is 1. The van der Waals surface area contributed by atoms with Crippen LogP contribution in [0.25, 0.3) is 0 Å². The van der Waals surface area contributed by atoms with Crippen LogP contribution in [0.2, 0.25) is 0 Å². The molecule has 4 nitrogen and oxygen atoms in total. The molecule has 19 heavy (non-hydrogen) atoms. The van der Waals surface area contributed by atoms with Gasteiger partial charge in [-0.2, -0.15) is 16.7 Å². The lowest BCUT2D eigenvalue weighted by Crippen LogP contribution is -2.13. The van der Waals surface area contributed by atoms with Gasteiger partial charge in [-0.15, -0.1) is 0 Å². The SMILES string of the molecule is OC(Cc1nc(CSC2CCCCC2)no1)C1CC1. The maximum Gasteiger partial charge on any atom is 0.229 e. The maximum absolute atomic E-state index is 9.85. The quantitative estimate of drug-likeness (QED) is 0.869. The molecule has 3 rings (SSSR count). The van der Waals surface area contributed by atoms with Crippen molar-refractivity contribution in [2.75, 3.05) is 0 Å². The third-order valence-electron chi connectivity index (χ3n) is 4.06. The number of hydrogen-bond acceptors (Lipinski definition) is 5. The van der Waals surface area contributed by atoms with E-state index < -0.39 is 0 Å². The van der Waals surface area contributed by atoms with Crippen molar-refractivity contribution in [3.8, 4) is 0 Å². The van der Waals surface area contributed by atoms with Gasteiger partial charge >= 0.3 is 0 Å². The van der Waals surface area contributed by atoms with Crippen molar-refractivity contribution in [3.63, 3.8) is 0 Å². The van der Waals surface area contributed by atoms with Crippen molar-refractivity contribution in [1.82, 2.24) is 10.1 Å². The zero-order valence-electron chi connectivity index (χ0n) is 11.3. The summed E-state index contributed by atoms with van der Waals surface area (Å²) >= 11 is 1.95. The molecule has 0 radical (unpaired) electrons. The van der Waals surface area contributed by atoms with E-state index in [4.69, 9.17) is 4.52 Å². The smallest absolute Gasteiger partial charge is 0.229 e. The predicted octanol–water partition coefficient (Wildman–Crippen LogP) is 2.95. The minimum Gasteiger partial charge on any atom is -0.392 e. The first-order valence-corrected chi connectivity index (χ1v) is 8.47. The normalized spacial score (nSPS) is 22.6. The summed E-state index contributed by atoms with van der Waals surface area (Å²) in [6.45, 7) is 0. The Hall–Kier alpha value is -0.550. The second-order valence-corrected chi connectivity index (χ2v) is 7.07. The van der Waals surface area contributed by atoms with Crippen LogP contribution in [0.15, 0.2) is 4.52 Å². The number of aromatic nitrogens is 2. The van der Waals surface area contributed by atoms with Crippen molar-refractivity contribution in [1.29, 1.82) is 0 Å². The Balaban J connectivity index is 1.44. The van der Waals surface area contributed by atoms with Crippen LogP contribution < -0.4 is 0 Å². The first kappa shape index (κ1) is 13.4. The van der Waals surface area contributed by atoms with Crippen LogP contribution in [0.5, 0.6) is 0 Å². The molecule has 1 atom stereocenters. The van der Waals surface area contributed by atoms with Gasteiger partial charge in [-0.25, -0.2) is 0 Å². The minimum atomic E-state index is -0.292. The Morgan fingerprint density at radius 2 is 2.00 bits per heavy atom. The van der Waals surface area contributed by atoms with Gasteiger partial charge in [0.15, 0.2) is 5.82 Å². The van der Waals surface area contributed by atoms with E-state index in [2.05, 4.69) is 10.1 Å². The van der Waals surface area contributed by atoms with Gasteiger partial charge in [0.05, 0.1) is 18.3 Å². The molecule has 1 heterocycles. The van der Waals surface area contributed by atoms with E-state index in [-0.39, 0.29) is 6.10 Å². The number of rotatable bonds is 6. The van der Waals surface area contributed by atoms with Gasteiger partial charge in [-0.1, -0.05) is 24.4 Å². The average Bonchev–Trinajstić information content (AvgIpc) is 3.20. The molecule has 1 N–H and O–H groups in total. The van der Waals surface area contributed by atoms with Crippen LogP contribution in [-0.2, 0) is 12.2 Å². The third-order valence-corrected chi connectivity index (χ3v) is 5.43. The highest BCUT2D eigenvalue weighted by Crippen LogP contribution is 2.34. The highest BCUT2D eigenvalue weighted by molar-refractivity contribution is 7.99. The second kappa shape index (κ2) is 6.27.